The maximum Gasteiger partial charge on any atom is 0.258 e. The molecule has 1 N–H and O–H groups in total. The van der Waals surface area contributed by atoms with Gasteiger partial charge in [0.05, 0.1) is 13.2 Å². The summed E-state index contributed by atoms with van der Waals surface area (Å²) in [6, 6.07) is 17.2. The van der Waals surface area contributed by atoms with Crippen molar-refractivity contribution in [3.63, 3.8) is 0 Å². The fraction of sp³-hybridized carbons (Fsp3) is 0.278. The summed E-state index contributed by atoms with van der Waals surface area (Å²) in [5.41, 5.74) is 1.09. The molecule has 0 saturated heterocycles. The first-order chi connectivity index (χ1) is 10.7. The molecule has 2 rings (SSSR count). The Morgan fingerprint density at radius 2 is 1.68 bits per heavy atom. The number of benzene rings is 2. The third-order valence-corrected chi connectivity index (χ3v) is 3.37. The Bertz CT molecular complexity index is 598. The Balaban J connectivity index is 1.92. The van der Waals surface area contributed by atoms with E-state index in [1.807, 2.05) is 49.4 Å². The second-order valence-electron chi connectivity index (χ2n) is 4.88. The summed E-state index contributed by atoms with van der Waals surface area (Å²) in [7, 11) is 1.57. The van der Waals surface area contributed by atoms with Crippen molar-refractivity contribution in [3.8, 4) is 11.5 Å². The molecule has 0 radical (unpaired) electrons. The van der Waals surface area contributed by atoms with E-state index in [9.17, 15) is 4.79 Å². The molecule has 0 spiro atoms. The highest BCUT2D eigenvalue weighted by Gasteiger charge is 2.13. The molecule has 0 aromatic heterocycles. The standard InChI is InChI=1S/C18H21NO3/c1-3-15(14-9-5-4-6-10-14)19-18(20)13-22-17-12-8-7-11-16(17)21-2/h4-12,15H,3,13H2,1-2H3,(H,19,20). The van der Waals surface area contributed by atoms with E-state index in [4.69, 9.17) is 9.47 Å². The summed E-state index contributed by atoms with van der Waals surface area (Å²) in [5, 5.41) is 2.99. The molecule has 0 heterocycles. The third-order valence-electron chi connectivity index (χ3n) is 3.37. The van der Waals surface area contributed by atoms with Crippen LogP contribution in [0.25, 0.3) is 0 Å². The van der Waals surface area contributed by atoms with Gasteiger partial charge in [0.15, 0.2) is 18.1 Å². The second-order valence-corrected chi connectivity index (χ2v) is 4.88. The Morgan fingerprint density at radius 3 is 2.32 bits per heavy atom. The van der Waals surface area contributed by atoms with E-state index in [1.165, 1.54) is 0 Å². The Kier molecular flexibility index (Phi) is 5.83. The lowest BCUT2D eigenvalue weighted by Crippen LogP contribution is -2.32. The first-order valence-corrected chi connectivity index (χ1v) is 7.34. The third kappa shape index (κ3) is 4.25. The predicted octanol–water partition coefficient (Wildman–Crippen LogP) is 3.34. The van der Waals surface area contributed by atoms with Gasteiger partial charge in [-0.25, -0.2) is 0 Å². The topological polar surface area (TPSA) is 47.6 Å². The number of ether oxygens (including phenoxy) is 2. The zero-order chi connectivity index (χ0) is 15.8. The molecule has 0 fully saturated rings. The van der Waals surface area contributed by atoms with E-state index >= 15 is 0 Å². The van der Waals surface area contributed by atoms with Gasteiger partial charge in [0.1, 0.15) is 0 Å². The van der Waals surface area contributed by atoms with Crippen LogP contribution in [0.2, 0.25) is 0 Å². The van der Waals surface area contributed by atoms with Crippen LogP contribution < -0.4 is 14.8 Å². The zero-order valence-electron chi connectivity index (χ0n) is 12.9. The molecule has 0 aliphatic carbocycles. The van der Waals surface area contributed by atoms with Gasteiger partial charge in [-0.2, -0.15) is 0 Å². The monoisotopic (exact) mass is 299 g/mol. The van der Waals surface area contributed by atoms with Crippen molar-refractivity contribution in [2.75, 3.05) is 13.7 Å². The van der Waals surface area contributed by atoms with Gasteiger partial charge in [0.25, 0.3) is 5.91 Å². The largest absolute Gasteiger partial charge is 0.493 e. The van der Waals surface area contributed by atoms with Crippen LogP contribution in [0.5, 0.6) is 11.5 Å². The molecule has 22 heavy (non-hydrogen) atoms. The van der Waals surface area contributed by atoms with Crippen molar-refractivity contribution in [1.29, 1.82) is 0 Å². The van der Waals surface area contributed by atoms with Crippen LogP contribution in [0.15, 0.2) is 54.6 Å². The Hall–Kier alpha value is -2.49. The smallest absolute Gasteiger partial charge is 0.258 e. The van der Waals surface area contributed by atoms with Crippen molar-refractivity contribution < 1.29 is 14.3 Å². The van der Waals surface area contributed by atoms with Crippen LogP contribution in [-0.4, -0.2) is 19.6 Å². The van der Waals surface area contributed by atoms with Gasteiger partial charge in [0.2, 0.25) is 0 Å². The number of methoxy groups -OCH3 is 1. The number of carbonyl (C=O) groups is 1. The fourth-order valence-electron chi connectivity index (χ4n) is 2.22. The van der Waals surface area contributed by atoms with E-state index in [-0.39, 0.29) is 18.6 Å². The van der Waals surface area contributed by atoms with Crippen LogP contribution in [0.3, 0.4) is 0 Å². The number of carbonyl (C=O) groups excluding carboxylic acids is 1. The maximum absolute atomic E-state index is 12.1. The zero-order valence-corrected chi connectivity index (χ0v) is 12.9. The summed E-state index contributed by atoms with van der Waals surface area (Å²) in [6.07, 6.45) is 0.824. The molecule has 2 aromatic rings. The van der Waals surface area contributed by atoms with Crippen LogP contribution in [0, 0.1) is 0 Å². The molecule has 4 heteroatoms. The molecular formula is C18H21NO3. The summed E-state index contributed by atoms with van der Waals surface area (Å²) in [4.78, 5) is 12.1. The lowest BCUT2D eigenvalue weighted by atomic mass is 10.0. The quantitative estimate of drug-likeness (QED) is 0.853. The number of hydrogen-bond donors (Lipinski definition) is 1. The van der Waals surface area contributed by atoms with Crippen LogP contribution in [0.4, 0.5) is 0 Å². The van der Waals surface area contributed by atoms with E-state index in [0.29, 0.717) is 11.5 Å². The van der Waals surface area contributed by atoms with Gasteiger partial charge in [-0.3, -0.25) is 4.79 Å². The SMILES string of the molecule is CCC(NC(=O)COc1ccccc1OC)c1ccccc1. The van der Waals surface area contributed by atoms with Crippen LogP contribution in [-0.2, 0) is 4.79 Å². The Labute approximate surface area is 131 Å². The fourth-order valence-corrected chi connectivity index (χ4v) is 2.22. The minimum absolute atomic E-state index is 0.00466. The van der Waals surface area contributed by atoms with Gasteiger partial charge >= 0.3 is 0 Å². The second kappa shape index (κ2) is 8.08. The first-order valence-electron chi connectivity index (χ1n) is 7.34. The number of rotatable bonds is 7. The molecule has 0 bridgehead atoms. The minimum Gasteiger partial charge on any atom is -0.493 e. The molecule has 1 atom stereocenters. The van der Waals surface area contributed by atoms with Crippen LogP contribution in [0.1, 0.15) is 24.9 Å². The van der Waals surface area contributed by atoms with Gasteiger partial charge in [0, 0.05) is 0 Å². The van der Waals surface area contributed by atoms with Crippen molar-refractivity contribution in [3.05, 3.63) is 60.2 Å². The highest BCUT2D eigenvalue weighted by atomic mass is 16.5. The van der Waals surface area contributed by atoms with Gasteiger partial charge < -0.3 is 14.8 Å². The highest BCUT2D eigenvalue weighted by molar-refractivity contribution is 5.78. The molecule has 0 aliphatic heterocycles. The molecule has 1 unspecified atom stereocenters. The maximum atomic E-state index is 12.1. The molecule has 0 aliphatic rings. The Morgan fingerprint density at radius 1 is 1.05 bits per heavy atom. The van der Waals surface area contributed by atoms with E-state index < -0.39 is 0 Å². The van der Waals surface area contributed by atoms with E-state index in [1.54, 1.807) is 19.2 Å². The minimum atomic E-state index is -0.151. The molecule has 1 amide bonds. The molecule has 2 aromatic carbocycles. The van der Waals surface area contributed by atoms with Crippen molar-refractivity contribution in [2.45, 2.75) is 19.4 Å². The summed E-state index contributed by atoms with van der Waals surface area (Å²) in [6.45, 7) is 2.00. The van der Waals surface area contributed by atoms with Crippen molar-refractivity contribution in [1.82, 2.24) is 5.32 Å². The highest BCUT2D eigenvalue weighted by Crippen LogP contribution is 2.25. The normalized spacial score (nSPS) is 11.5. The predicted molar refractivity (Wildman–Crippen MR) is 86.1 cm³/mol. The number of nitrogens with one attached hydrogen (secondary N) is 1. The average Bonchev–Trinajstić information content (AvgIpc) is 2.58. The van der Waals surface area contributed by atoms with Gasteiger partial charge in [-0.1, -0.05) is 49.4 Å². The van der Waals surface area contributed by atoms with E-state index in [0.717, 1.165) is 12.0 Å². The summed E-state index contributed by atoms with van der Waals surface area (Å²) in [5.74, 6) is 1.03. The summed E-state index contributed by atoms with van der Waals surface area (Å²) >= 11 is 0. The lowest BCUT2D eigenvalue weighted by Gasteiger charge is -2.18. The lowest BCUT2D eigenvalue weighted by molar-refractivity contribution is -0.123. The molecular weight excluding hydrogens is 278 g/mol. The number of hydrogen-bond acceptors (Lipinski definition) is 3. The van der Waals surface area contributed by atoms with E-state index in [2.05, 4.69) is 5.32 Å². The van der Waals surface area contributed by atoms with Crippen LogP contribution >= 0.6 is 0 Å². The molecule has 116 valence electrons. The molecule has 4 nitrogen and oxygen atoms in total. The number of amides is 1. The number of para-hydroxylation sites is 2. The van der Waals surface area contributed by atoms with Crippen molar-refractivity contribution in [2.24, 2.45) is 0 Å². The molecule has 0 saturated carbocycles. The first kappa shape index (κ1) is 15.9. The average molecular weight is 299 g/mol. The van der Waals surface area contributed by atoms with Gasteiger partial charge in [-0.15, -0.1) is 0 Å². The summed E-state index contributed by atoms with van der Waals surface area (Å²) < 4.78 is 10.7. The van der Waals surface area contributed by atoms with Gasteiger partial charge in [-0.05, 0) is 24.1 Å². The van der Waals surface area contributed by atoms with Crippen molar-refractivity contribution >= 4 is 5.91 Å².